The monoisotopic (exact) mass is 428 g/mol. The number of Topliss-reactive ketones (excluding diaryl/α,β-unsaturated/α-hetero) is 1. The Morgan fingerprint density at radius 2 is 1.97 bits per heavy atom. The minimum Gasteiger partial charge on any atom is -0.396 e. The highest BCUT2D eigenvalue weighted by molar-refractivity contribution is 7.97. The lowest BCUT2D eigenvalue weighted by Gasteiger charge is -2.40. The summed E-state index contributed by atoms with van der Waals surface area (Å²) in [5, 5.41) is 0. The standard InChI is InChI=1S/C20H27F3N4OS/c1-18(2)13-3-4-19(18,16(28)10-13)12-29-27-7-5-26(6-8-27)17-15(24)9-14(11-25-17)20(21,22)23/h9,11,13H,3-8,10,12,24H2,1-2H3/t13-,19-/m1/s1. The van der Waals surface area contributed by atoms with Gasteiger partial charge in [0.15, 0.2) is 5.82 Å². The zero-order chi connectivity index (χ0) is 21.0. The maximum absolute atomic E-state index is 12.8. The number of alkyl halides is 3. The van der Waals surface area contributed by atoms with Gasteiger partial charge in [-0.05, 0) is 30.2 Å². The first-order valence-corrected chi connectivity index (χ1v) is 11.0. The van der Waals surface area contributed by atoms with E-state index in [1.807, 2.05) is 4.90 Å². The molecule has 0 spiro atoms. The third-order valence-electron chi connectivity index (χ3n) is 7.39. The molecule has 2 atom stereocenters. The third kappa shape index (κ3) is 3.40. The van der Waals surface area contributed by atoms with E-state index in [0.29, 0.717) is 30.6 Å². The number of fused-ring (bicyclic) bond motifs is 2. The van der Waals surface area contributed by atoms with E-state index in [1.165, 1.54) is 0 Å². The lowest BCUT2D eigenvalue weighted by atomic mass is 9.70. The number of carbonyl (C=O) groups is 1. The van der Waals surface area contributed by atoms with Crippen molar-refractivity contribution in [2.75, 3.05) is 42.6 Å². The van der Waals surface area contributed by atoms with Crippen LogP contribution in [0.5, 0.6) is 0 Å². The Balaban J connectivity index is 1.35. The van der Waals surface area contributed by atoms with Crippen LogP contribution in [0.2, 0.25) is 0 Å². The van der Waals surface area contributed by atoms with Crippen LogP contribution < -0.4 is 10.6 Å². The second kappa shape index (κ2) is 7.04. The van der Waals surface area contributed by atoms with Gasteiger partial charge in [-0.25, -0.2) is 9.29 Å². The molecule has 2 saturated carbocycles. The number of rotatable bonds is 4. The summed E-state index contributed by atoms with van der Waals surface area (Å²) in [7, 11) is 0. The van der Waals surface area contributed by atoms with Gasteiger partial charge in [-0.1, -0.05) is 25.8 Å². The van der Waals surface area contributed by atoms with Gasteiger partial charge in [-0.15, -0.1) is 0 Å². The summed E-state index contributed by atoms with van der Waals surface area (Å²) in [5.41, 5.74) is 4.93. The molecule has 2 heterocycles. The van der Waals surface area contributed by atoms with E-state index >= 15 is 0 Å². The van der Waals surface area contributed by atoms with Crippen molar-refractivity contribution in [2.24, 2.45) is 16.7 Å². The number of nitrogen functional groups attached to an aromatic ring is 1. The van der Waals surface area contributed by atoms with Crippen molar-refractivity contribution in [1.29, 1.82) is 0 Å². The van der Waals surface area contributed by atoms with Crippen molar-refractivity contribution in [3.63, 3.8) is 0 Å². The average molecular weight is 429 g/mol. The molecule has 1 saturated heterocycles. The molecule has 0 unspecified atom stereocenters. The van der Waals surface area contributed by atoms with Crippen molar-refractivity contribution in [2.45, 2.75) is 39.3 Å². The normalized spacial score (nSPS) is 29.6. The van der Waals surface area contributed by atoms with Gasteiger partial charge >= 0.3 is 6.18 Å². The molecule has 1 aliphatic heterocycles. The van der Waals surface area contributed by atoms with Crippen LogP contribution in [0, 0.1) is 16.7 Å². The van der Waals surface area contributed by atoms with Gasteiger partial charge < -0.3 is 10.6 Å². The summed E-state index contributed by atoms with van der Waals surface area (Å²) in [6.45, 7) is 7.27. The third-order valence-corrected chi connectivity index (χ3v) is 8.75. The Morgan fingerprint density at radius 3 is 2.48 bits per heavy atom. The summed E-state index contributed by atoms with van der Waals surface area (Å²) in [5.74, 6) is 2.16. The first-order valence-electron chi connectivity index (χ1n) is 10.0. The van der Waals surface area contributed by atoms with E-state index in [4.69, 9.17) is 5.73 Å². The van der Waals surface area contributed by atoms with Crippen LogP contribution >= 0.6 is 11.9 Å². The van der Waals surface area contributed by atoms with Crippen molar-refractivity contribution in [3.05, 3.63) is 17.8 Å². The van der Waals surface area contributed by atoms with Crippen LogP contribution in [0.25, 0.3) is 0 Å². The lowest BCUT2D eigenvalue weighted by molar-refractivity contribution is -0.137. The fourth-order valence-corrected chi connectivity index (χ4v) is 6.73. The lowest BCUT2D eigenvalue weighted by Crippen LogP contribution is -2.46. The summed E-state index contributed by atoms with van der Waals surface area (Å²) in [6.07, 6.45) is -0.746. The van der Waals surface area contributed by atoms with Gasteiger partial charge in [0.1, 0.15) is 5.78 Å². The van der Waals surface area contributed by atoms with Crippen LogP contribution in [0.1, 0.15) is 38.7 Å². The number of anilines is 2. The van der Waals surface area contributed by atoms with Crippen LogP contribution in [-0.4, -0.2) is 47.0 Å². The Hall–Kier alpha value is -1.48. The Kier molecular flexibility index (Phi) is 5.05. The van der Waals surface area contributed by atoms with Gasteiger partial charge in [0.05, 0.1) is 11.3 Å². The van der Waals surface area contributed by atoms with Crippen LogP contribution in [-0.2, 0) is 11.0 Å². The highest BCUT2D eigenvalue weighted by Gasteiger charge is 2.63. The summed E-state index contributed by atoms with van der Waals surface area (Å²) < 4.78 is 40.7. The molecule has 2 N–H and O–H groups in total. The quantitative estimate of drug-likeness (QED) is 0.735. The zero-order valence-corrected chi connectivity index (χ0v) is 17.6. The zero-order valence-electron chi connectivity index (χ0n) is 16.8. The molecule has 2 bridgehead atoms. The molecule has 9 heteroatoms. The van der Waals surface area contributed by atoms with Crippen molar-refractivity contribution < 1.29 is 18.0 Å². The highest BCUT2D eigenvalue weighted by Crippen LogP contribution is 2.64. The number of hydrogen-bond donors (Lipinski definition) is 1. The molecular weight excluding hydrogens is 401 g/mol. The molecule has 1 aromatic rings. The predicted octanol–water partition coefficient (Wildman–Crippen LogP) is 3.85. The topological polar surface area (TPSA) is 62.5 Å². The van der Waals surface area contributed by atoms with Crippen LogP contribution in [0.3, 0.4) is 0 Å². The number of aromatic nitrogens is 1. The van der Waals surface area contributed by atoms with E-state index in [0.717, 1.165) is 50.4 Å². The minimum absolute atomic E-state index is 0.0510. The molecule has 5 nitrogen and oxygen atoms in total. The van der Waals surface area contributed by atoms with Crippen LogP contribution in [0.15, 0.2) is 12.3 Å². The molecule has 1 aromatic heterocycles. The van der Waals surface area contributed by atoms with Crippen LogP contribution in [0.4, 0.5) is 24.7 Å². The van der Waals surface area contributed by atoms with Gasteiger partial charge in [0.25, 0.3) is 0 Å². The second-order valence-electron chi connectivity index (χ2n) is 8.99. The summed E-state index contributed by atoms with van der Waals surface area (Å²) >= 11 is 1.74. The highest BCUT2D eigenvalue weighted by atomic mass is 32.2. The number of ketones is 1. The molecule has 3 fully saturated rings. The van der Waals surface area contributed by atoms with Gasteiger partial charge in [0, 0.05) is 50.0 Å². The Morgan fingerprint density at radius 1 is 1.28 bits per heavy atom. The minimum atomic E-state index is -4.45. The Labute approximate surface area is 173 Å². The molecule has 2 aliphatic carbocycles. The maximum Gasteiger partial charge on any atom is 0.417 e. The van der Waals surface area contributed by atoms with Crippen molar-refractivity contribution >= 4 is 29.2 Å². The summed E-state index contributed by atoms with van der Waals surface area (Å²) in [4.78, 5) is 18.6. The van der Waals surface area contributed by atoms with Gasteiger partial charge in [-0.3, -0.25) is 4.79 Å². The molecule has 0 radical (unpaired) electrons. The molecule has 0 aromatic carbocycles. The molecule has 160 valence electrons. The first-order chi connectivity index (χ1) is 13.5. The van der Waals surface area contributed by atoms with E-state index in [-0.39, 0.29) is 16.5 Å². The number of halogens is 3. The number of nitrogens with zero attached hydrogens (tertiary/aromatic N) is 3. The molecular formula is C20H27F3N4OS. The SMILES string of the molecule is CC1(C)[C@@H]2CC[C@@]1(CSN1CCN(c3ncc(C(F)(F)F)cc3N)CC1)C(=O)C2. The fraction of sp³-hybridized carbons (Fsp3) is 0.700. The second-order valence-corrected chi connectivity index (χ2v) is 10.1. The van der Waals surface area contributed by atoms with E-state index in [2.05, 4.69) is 23.1 Å². The molecule has 29 heavy (non-hydrogen) atoms. The largest absolute Gasteiger partial charge is 0.417 e. The smallest absolute Gasteiger partial charge is 0.396 e. The van der Waals surface area contributed by atoms with E-state index in [9.17, 15) is 18.0 Å². The number of piperazine rings is 1. The van der Waals surface area contributed by atoms with Crippen molar-refractivity contribution in [3.8, 4) is 0 Å². The van der Waals surface area contributed by atoms with Gasteiger partial charge in [0.2, 0.25) is 0 Å². The number of nitrogens with two attached hydrogens (primary N) is 1. The van der Waals surface area contributed by atoms with Gasteiger partial charge in [-0.2, -0.15) is 13.2 Å². The molecule has 3 aliphatic rings. The average Bonchev–Trinajstić information content (AvgIpc) is 3.01. The molecule has 0 amide bonds. The van der Waals surface area contributed by atoms with E-state index < -0.39 is 11.7 Å². The molecule has 4 rings (SSSR count). The number of hydrogen-bond acceptors (Lipinski definition) is 6. The number of carbonyl (C=O) groups excluding carboxylic acids is 1. The first kappa shape index (κ1) is 20.8. The van der Waals surface area contributed by atoms with Crippen molar-refractivity contribution in [1.82, 2.24) is 9.29 Å². The summed E-state index contributed by atoms with van der Waals surface area (Å²) in [6, 6.07) is 0.951. The Bertz CT molecular complexity index is 807. The predicted molar refractivity (Wildman–Crippen MR) is 108 cm³/mol. The fourth-order valence-electron chi connectivity index (χ4n) is 5.23. The van der Waals surface area contributed by atoms with E-state index in [1.54, 1.807) is 11.9 Å². The number of pyridine rings is 1. The maximum atomic E-state index is 12.8.